The first-order chi connectivity index (χ1) is 9.99. The number of nitrogens with one attached hydrogen (secondary N) is 2. The van der Waals surface area contributed by atoms with Gasteiger partial charge in [-0.05, 0) is 50.6 Å². The van der Waals surface area contributed by atoms with Crippen LogP contribution < -0.4 is 10.6 Å². The number of hydrogen-bond acceptors (Lipinski definition) is 3. The summed E-state index contributed by atoms with van der Waals surface area (Å²) in [5.41, 5.74) is 3.22. The minimum Gasteiger partial charge on any atom is -0.370 e. The van der Waals surface area contributed by atoms with Crippen LogP contribution in [0.5, 0.6) is 0 Å². The van der Waals surface area contributed by atoms with Crippen LogP contribution in [0.15, 0.2) is 34.8 Å². The Morgan fingerprint density at radius 1 is 1.24 bits per heavy atom. The quantitative estimate of drug-likeness (QED) is 0.873. The van der Waals surface area contributed by atoms with Gasteiger partial charge in [0, 0.05) is 28.0 Å². The van der Waals surface area contributed by atoms with Crippen LogP contribution in [0.4, 0.5) is 11.5 Å². The second kappa shape index (κ2) is 6.72. The molecule has 0 fully saturated rings. The highest BCUT2D eigenvalue weighted by Crippen LogP contribution is 2.21. The number of aryl methyl sites for hydroxylation is 2. The molecule has 0 atom stereocenters. The molecule has 0 aliphatic rings. The molecule has 2 N–H and O–H groups in total. The third-order valence-corrected chi connectivity index (χ3v) is 3.51. The lowest BCUT2D eigenvalue weighted by atomic mass is 10.1. The van der Waals surface area contributed by atoms with Gasteiger partial charge in [-0.25, -0.2) is 4.98 Å². The Bertz CT molecular complexity index is 671. The first-order valence-electron chi connectivity index (χ1n) is 6.79. The van der Waals surface area contributed by atoms with E-state index in [4.69, 9.17) is 0 Å². The number of amides is 1. The molecular weight excluding hydrogens is 330 g/mol. The van der Waals surface area contributed by atoms with Gasteiger partial charge in [-0.1, -0.05) is 22.0 Å². The van der Waals surface area contributed by atoms with Crippen molar-refractivity contribution in [2.75, 3.05) is 17.2 Å². The maximum atomic E-state index is 12.4. The zero-order chi connectivity index (χ0) is 15.4. The molecule has 21 heavy (non-hydrogen) atoms. The normalized spacial score (nSPS) is 10.3. The topological polar surface area (TPSA) is 54.0 Å². The summed E-state index contributed by atoms with van der Waals surface area (Å²) in [6.07, 6.45) is 0. The Morgan fingerprint density at radius 3 is 2.71 bits per heavy atom. The van der Waals surface area contributed by atoms with Crippen LogP contribution in [-0.2, 0) is 0 Å². The molecule has 0 bridgehead atoms. The van der Waals surface area contributed by atoms with Crippen molar-refractivity contribution in [1.82, 2.24) is 4.98 Å². The highest BCUT2D eigenvalue weighted by molar-refractivity contribution is 9.10. The number of aromatic nitrogens is 1. The van der Waals surface area contributed by atoms with Crippen LogP contribution in [0.2, 0.25) is 0 Å². The average Bonchev–Trinajstić information content (AvgIpc) is 2.42. The van der Waals surface area contributed by atoms with E-state index >= 15 is 0 Å². The predicted octanol–water partition coefficient (Wildman–Crippen LogP) is 4.15. The monoisotopic (exact) mass is 347 g/mol. The SMILES string of the molecule is CCNc1cc(C(=O)Nc2cc(Br)ccc2C)cc(C)n1. The van der Waals surface area contributed by atoms with E-state index in [1.54, 1.807) is 12.1 Å². The Hall–Kier alpha value is -1.88. The molecule has 1 aromatic carbocycles. The number of halogens is 1. The molecule has 1 heterocycles. The van der Waals surface area contributed by atoms with Gasteiger partial charge in [0.25, 0.3) is 5.91 Å². The van der Waals surface area contributed by atoms with Crippen LogP contribution in [0, 0.1) is 13.8 Å². The van der Waals surface area contributed by atoms with Gasteiger partial charge in [0.15, 0.2) is 0 Å². The van der Waals surface area contributed by atoms with Gasteiger partial charge >= 0.3 is 0 Å². The van der Waals surface area contributed by atoms with Crippen molar-refractivity contribution >= 4 is 33.3 Å². The van der Waals surface area contributed by atoms with E-state index in [0.717, 1.165) is 28.0 Å². The molecule has 110 valence electrons. The lowest BCUT2D eigenvalue weighted by Gasteiger charge is -2.11. The molecule has 5 heteroatoms. The van der Waals surface area contributed by atoms with Crippen LogP contribution >= 0.6 is 15.9 Å². The largest absolute Gasteiger partial charge is 0.370 e. The smallest absolute Gasteiger partial charge is 0.255 e. The Morgan fingerprint density at radius 2 is 2.00 bits per heavy atom. The fourth-order valence-corrected chi connectivity index (χ4v) is 2.36. The number of hydrogen-bond donors (Lipinski definition) is 2. The van der Waals surface area contributed by atoms with Crippen LogP contribution in [0.1, 0.15) is 28.5 Å². The molecule has 0 radical (unpaired) electrons. The Balaban J connectivity index is 2.25. The molecule has 1 amide bonds. The van der Waals surface area contributed by atoms with Crippen molar-refractivity contribution in [2.24, 2.45) is 0 Å². The minimum atomic E-state index is -0.138. The summed E-state index contributed by atoms with van der Waals surface area (Å²) in [6, 6.07) is 9.35. The van der Waals surface area contributed by atoms with E-state index in [1.807, 2.05) is 39.0 Å². The van der Waals surface area contributed by atoms with Gasteiger partial charge in [0.05, 0.1) is 0 Å². The fraction of sp³-hybridized carbons (Fsp3) is 0.250. The highest BCUT2D eigenvalue weighted by atomic mass is 79.9. The number of carbonyl (C=O) groups excluding carboxylic acids is 1. The van der Waals surface area contributed by atoms with Crippen LogP contribution in [0.3, 0.4) is 0 Å². The van der Waals surface area contributed by atoms with Gasteiger partial charge in [0.2, 0.25) is 0 Å². The molecule has 0 aliphatic heterocycles. The van der Waals surface area contributed by atoms with Gasteiger partial charge < -0.3 is 10.6 Å². The second-order valence-electron chi connectivity index (χ2n) is 4.83. The van der Waals surface area contributed by atoms with E-state index in [0.29, 0.717) is 11.4 Å². The standard InChI is InChI=1S/C16H18BrN3O/c1-4-18-15-8-12(7-11(3)19-15)16(21)20-14-9-13(17)6-5-10(14)2/h5-9H,4H2,1-3H3,(H,18,19)(H,20,21). The van der Waals surface area contributed by atoms with Crippen LogP contribution in [-0.4, -0.2) is 17.4 Å². The summed E-state index contributed by atoms with van der Waals surface area (Å²) in [6.45, 7) is 6.60. The third-order valence-electron chi connectivity index (χ3n) is 3.02. The molecule has 4 nitrogen and oxygen atoms in total. The summed E-state index contributed by atoms with van der Waals surface area (Å²) >= 11 is 3.41. The number of rotatable bonds is 4. The molecule has 2 aromatic rings. The van der Waals surface area contributed by atoms with Crippen molar-refractivity contribution < 1.29 is 4.79 Å². The number of pyridine rings is 1. The first kappa shape index (κ1) is 15.5. The van der Waals surface area contributed by atoms with E-state index in [1.165, 1.54) is 0 Å². The Labute approximate surface area is 133 Å². The van der Waals surface area contributed by atoms with Gasteiger partial charge in [0.1, 0.15) is 5.82 Å². The van der Waals surface area contributed by atoms with E-state index in [9.17, 15) is 4.79 Å². The highest BCUT2D eigenvalue weighted by Gasteiger charge is 2.10. The lowest BCUT2D eigenvalue weighted by molar-refractivity contribution is 0.102. The Kier molecular flexibility index (Phi) is 4.96. The van der Waals surface area contributed by atoms with Gasteiger partial charge in [-0.15, -0.1) is 0 Å². The summed E-state index contributed by atoms with van der Waals surface area (Å²) in [5, 5.41) is 6.07. The zero-order valence-corrected chi connectivity index (χ0v) is 13.9. The van der Waals surface area contributed by atoms with Crippen molar-refractivity contribution in [3.8, 4) is 0 Å². The summed E-state index contributed by atoms with van der Waals surface area (Å²) in [7, 11) is 0. The third kappa shape index (κ3) is 4.04. The van der Waals surface area contributed by atoms with Crippen molar-refractivity contribution in [2.45, 2.75) is 20.8 Å². The molecule has 0 unspecified atom stereocenters. The van der Waals surface area contributed by atoms with E-state index < -0.39 is 0 Å². The molecule has 1 aromatic heterocycles. The number of carbonyl (C=O) groups is 1. The summed E-state index contributed by atoms with van der Waals surface area (Å²) in [4.78, 5) is 16.8. The van der Waals surface area contributed by atoms with E-state index in [2.05, 4.69) is 31.5 Å². The molecule has 2 rings (SSSR count). The maximum absolute atomic E-state index is 12.4. The molecule has 0 spiro atoms. The lowest BCUT2D eigenvalue weighted by Crippen LogP contribution is -2.14. The molecule has 0 saturated carbocycles. The maximum Gasteiger partial charge on any atom is 0.255 e. The minimum absolute atomic E-state index is 0.138. The van der Waals surface area contributed by atoms with Crippen molar-refractivity contribution in [3.05, 3.63) is 51.6 Å². The second-order valence-corrected chi connectivity index (χ2v) is 5.74. The number of benzene rings is 1. The van der Waals surface area contributed by atoms with Gasteiger partial charge in [-0.2, -0.15) is 0 Å². The summed E-state index contributed by atoms with van der Waals surface area (Å²) in [5.74, 6) is 0.578. The molecule has 0 saturated heterocycles. The fourth-order valence-electron chi connectivity index (χ4n) is 1.99. The number of anilines is 2. The van der Waals surface area contributed by atoms with Crippen molar-refractivity contribution in [3.63, 3.8) is 0 Å². The average molecular weight is 348 g/mol. The molecular formula is C16H18BrN3O. The van der Waals surface area contributed by atoms with E-state index in [-0.39, 0.29) is 5.91 Å². The van der Waals surface area contributed by atoms with Gasteiger partial charge in [-0.3, -0.25) is 4.79 Å². The zero-order valence-electron chi connectivity index (χ0n) is 12.3. The first-order valence-corrected chi connectivity index (χ1v) is 7.59. The van der Waals surface area contributed by atoms with Crippen molar-refractivity contribution in [1.29, 1.82) is 0 Å². The summed E-state index contributed by atoms with van der Waals surface area (Å²) < 4.78 is 0.933. The number of nitrogens with zero attached hydrogens (tertiary/aromatic N) is 1. The predicted molar refractivity (Wildman–Crippen MR) is 90.0 cm³/mol. The van der Waals surface area contributed by atoms with Crippen LogP contribution in [0.25, 0.3) is 0 Å². The molecule has 0 aliphatic carbocycles.